The molecule has 1 aromatic rings. The fourth-order valence-electron chi connectivity index (χ4n) is 1.46. The van der Waals surface area contributed by atoms with Crippen LogP contribution in [0.1, 0.15) is 31.3 Å². The summed E-state index contributed by atoms with van der Waals surface area (Å²) in [6, 6.07) is 1.51. The van der Waals surface area contributed by atoms with Gasteiger partial charge in [0.25, 0.3) is 0 Å². The van der Waals surface area contributed by atoms with E-state index in [9.17, 15) is 9.59 Å². The summed E-state index contributed by atoms with van der Waals surface area (Å²) in [5.41, 5.74) is 6.40. The molecule has 0 aliphatic heterocycles. The topological polar surface area (TPSA) is 83.5 Å². The predicted octanol–water partition coefficient (Wildman–Crippen LogP) is 1.20. The van der Waals surface area contributed by atoms with Crippen LogP contribution in [0.3, 0.4) is 0 Å². The standard InChI is InChI=1S/C12H18N2O4/c1-4-14-6-9(13)5-10(14)12(16)17-7-11(15)18-8(2)3/h5-6,8H,4,7,13H2,1-3H3. The maximum Gasteiger partial charge on any atom is 0.355 e. The van der Waals surface area contributed by atoms with Crippen LogP contribution in [-0.4, -0.2) is 29.2 Å². The maximum atomic E-state index is 11.7. The highest BCUT2D eigenvalue weighted by molar-refractivity contribution is 5.90. The van der Waals surface area contributed by atoms with E-state index in [4.69, 9.17) is 15.2 Å². The minimum atomic E-state index is -0.589. The lowest BCUT2D eigenvalue weighted by Gasteiger charge is -2.09. The second-order valence-electron chi connectivity index (χ2n) is 4.06. The fraction of sp³-hybridized carbons (Fsp3) is 0.500. The van der Waals surface area contributed by atoms with Gasteiger partial charge in [-0.15, -0.1) is 0 Å². The molecular weight excluding hydrogens is 236 g/mol. The summed E-state index contributed by atoms with van der Waals surface area (Å²) in [7, 11) is 0. The summed E-state index contributed by atoms with van der Waals surface area (Å²) in [6.07, 6.45) is 1.41. The van der Waals surface area contributed by atoms with Crippen LogP contribution in [0.5, 0.6) is 0 Å². The monoisotopic (exact) mass is 254 g/mol. The number of nitrogens with zero attached hydrogens (tertiary/aromatic N) is 1. The summed E-state index contributed by atoms with van der Waals surface area (Å²) in [4.78, 5) is 22.9. The largest absolute Gasteiger partial charge is 0.460 e. The van der Waals surface area contributed by atoms with Gasteiger partial charge in [-0.25, -0.2) is 9.59 Å². The molecule has 2 N–H and O–H groups in total. The van der Waals surface area contributed by atoms with Crippen LogP contribution in [-0.2, 0) is 20.8 Å². The van der Waals surface area contributed by atoms with Gasteiger partial charge in [0.2, 0.25) is 0 Å². The van der Waals surface area contributed by atoms with Gasteiger partial charge in [0.1, 0.15) is 5.69 Å². The normalized spacial score (nSPS) is 10.4. The first-order chi connectivity index (χ1) is 8.43. The SMILES string of the molecule is CCn1cc(N)cc1C(=O)OCC(=O)OC(C)C. The van der Waals surface area contributed by atoms with Crippen LogP contribution in [0.25, 0.3) is 0 Å². The molecule has 0 bridgehead atoms. The molecule has 0 saturated heterocycles. The van der Waals surface area contributed by atoms with E-state index in [1.165, 1.54) is 6.07 Å². The highest BCUT2D eigenvalue weighted by Gasteiger charge is 2.16. The van der Waals surface area contributed by atoms with Gasteiger partial charge in [-0.1, -0.05) is 0 Å². The summed E-state index contributed by atoms with van der Waals surface area (Å²) < 4.78 is 11.4. The number of nitrogen functional groups attached to an aromatic ring is 1. The molecule has 0 aliphatic rings. The number of esters is 2. The lowest BCUT2D eigenvalue weighted by molar-refractivity contribution is -0.151. The van der Waals surface area contributed by atoms with Crippen LogP contribution < -0.4 is 5.73 Å². The Morgan fingerprint density at radius 2 is 2.11 bits per heavy atom. The third-order valence-corrected chi connectivity index (χ3v) is 2.16. The molecule has 0 aliphatic carbocycles. The van der Waals surface area contributed by atoms with Crippen molar-refractivity contribution in [1.82, 2.24) is 4.57 Å². The molecule has 1 aromatic heterocycles. The van der Waals surface area contributed by atoms with E-state index in [0.717, 1.165) is 0 Å². The number of ether oxygens (including phenoxy) is 2. The minimum Gasteiger partial charge on any atom is -0.460 e. The predicted molar refractivity (Wildman–Crippen MR) is 66.0 cm³/mol. The molecule has 100 valence electrons. The Kier molecular flexibility index (Phi) is 4.76. The number of hydrogen-bond donors (Lipinski definition) is 1. The summed E-state index contributed by atoms with van der Waals surface area (Å²) >= 11 is 0. The molecule has 0 saturated carbocycles. The van der Waals surface area contributed by atoms with Crippen molar-refractivity contribution in [2.24, 2.45) is 0 Å². The lowest BCUT2D eigenvalue weighted by atomic mass is 10.4. The Morgan fingerprint density at radius 3 is 2.67 bits per heavy atom. The molecule has 0 spiro atoms. The molecule has 0 radical (unpaired) electrons. The molecule has 6 nitrogen and oxygen atoms in total. The van der Waals surface area contributed by atoms with E-state index in [2.05, 4.69) is 0 Å². The van der Waals surface area contributed by atoms with Crippen molar-refractivity contribution in [3.8, 4) is 0 Å². The second kappa shape index (κ2) is 6.09. The third kappa shape index (κ3) is 3.80. The highest BCUT2D eigenvalue weighted by Crippen LogP contribution is 2.11. The van der Waals surface area contributed by atoms with E-state index in [0.29, 0.717) is 17.9 Å². The van der Waals surface area contributed by atoms with Crippen molar-refractivity contribution >= 4 is 17.6 Å². The molecule has 0 amide bonds. The van der Waals surface area contributed by atoms with Gasteiger partial charge >= 0.3 is 11.9 Å². The number of aromatic nitrogens is 1. The van der Waals surface area contributed by atoms with Gasteiger partial charge in [-0.2, -0.15) is 0 Å². The van der Waals surface area contributed by atoms with E-state index in [1.54, 1.807) is 24.6 Å². The fourth-order valence-corrected chi connectivity index (χ4v) is 1.46. The summed E-state index contributed by atoms with van der Waals surface area (Å²) in [5.74, 6) is -1.16. The zero-order valence-electron chi connectivity index (χ0n) is 10.8. The highest BCUT2D eigenvalue weighted by atomic mass is 16.6. The average molecular weight is 254 g/mol. The average Bonchev–Trinajstić information content (AvgIpc) is 2.66. The van der Waals surface area contributed by atoms with Crippen molar-refractivity contribution in [3.05, 3.63) is 18.0 Å². The second-order valence-corrected chi connectivity index (χ2v) is 4.06. The van der Waals surface area contributed by atoms with Crippen LogP contribution in [0, 0.1) is 0 Å². The quantitative estimate of drug-likeness (QED) is 0.798. The Morgan fingerprint density at radius 1 is 1.44 bits per heavy atom. The van der Waals surface area contributed by atoms with Crippen molar-refractivity contribution < 1.29 is 19.1 Å². The molecule has 0 aromatic carbocycles. The number of carbonyl (C=O) groups excluding carboxylic acids is 2. The summed E-state index contributed by atoms with van der Waals surface area (Å²) in [5, 5.41) is 0. The van der Waals surface area contributed by atoms with Gasteiger partial charge in [0, 0.05) is 12.7 Å². The lowest BCUT2D eigenvalue weighted by Crippen LogP contribution is -2.20. The zero-order valence-corrected chi connectivity index (χ0v) is 10.8. The molecule has 6 heteroatoms. The first kappa shape index (κ1) is 14.1. The van der Waals surface area contributed by atoms with Gasteiger partial charge < -0.3 is 19.8 Å². The summed E-state index contributed by atoms with van der Waals surface area (Å²) in [6.45, 7) is 5.53. The van der Waals surface area contributed by atoms with Crippen LogP contribution in [0.15, 0.2) is 12.3 Å². The first-order valence-corrected chi connectivity index (χ1v) is 5.76. The third-order valence-electron chi connectivity index (χ3n) is 2.16. The Balaban J connectivity index is 2.57. The van der Waals surface area contributed by atoms with E-state index < -0.39 is 18.5 Å². The van der Waals surface area contributed by atoms with Crippen molar-refractivity contribution in [2.45, 2.75) is 33.4 Å². The molecule has 1 heterocycles. The van der Waals surface area contributed by atoms with Gasteiger partial charge in [0.15, 0.2) is 6.61 Å². The minimum absolute atomic E-state index is 0.230. The molecule has 0 atom stereocenters. The van der Waals surface area contributed by atoms with E-state index in [1.807, 2.05) is 6.92 Å². The van der Waals surface area contributed by atoms with Crippen LogP contribution in [0.4, 0.5) is 5.69 Å². The van der Waals surface area contributed by atoms with E-state index in [-0.39, 0.29) is 6.10 Å². The van der Waals surface area contributed by atoms with Gasteiger partial charge in [-0.3, -0.25) is 0 Å². The van der Waals surface area contributed by atoms with Crippen LogP contribution in [0.2, 0.25) is 0 Å². The molecule has 18 heavy (non-hydrogen) atoms. The Bertz CT molecular complexity index is 437. The van der Waals surface area contributed by atoms with Crippen LogP contribution >= 0.6 is 0 Å². The van der Waals surface area contributed by atoms with Crippen molar-refractivity contribution in [2.75, 3.05) is 12.3 Å². The Hall–Kier alpha value is -1.98. The molecule has 0 fully saturated rings. The number of nitrogens with two attached hydrogens (primary N) is 1. The molecular formula is C12H18N2O4. The molecule has 0 unspecified atom stereocenters. The van der Waals surface area contributed by atoms with Gasteiger partial charge in [0.05, 0.1) is 11.8 Å². The number of anilines is 1. The number of carbonyl (C=O) groups is 2. The Labute approximate surface area is 106 Å². The smallest absolute Gasteiger partial charge is 0.355 e. The maximum absolute atomic E-state index is 11.7. The van der Waals surface area contributed by atoms with Gasteiger partial charge in [-0.05, 0) is 26.8 Å². The van der Waals surface area contributed by atoms with Crippen molar-refractivity contribution in [3.63, 3.8) is 0 Å². The number of hydrogen-bond acceptors (Lipinski definition) is 5. The van der Waals surface area contributed by atoms with E-state index >= 15 is 0 Å². The number of rotatable bonds is 5. The first-order valence-electron chi connectivity index (χ1n) is 5.76. The number of aryl methyl sites for hydroxylation is 1. The zero-order chi connectivity index (χ0) is 13.7. The van der Waals surface area contributed by atoms with Crippen molar-refractivity contribution in [1.29, 1.82) is 0 Å². The molecule has 1 rings (SSSR count).